The van der Waals surface area contributed by atoms with Crippen molar-refractivity contribution in [1.29, 1.82) is 0 Å². The van der Waals surface area contributed by atoms with Crippen molar-refractivity contribution in [2.24, 2.45) is 0 Å². The number of rotatable bonds is 21. The Bertz CT molecular complexity index is 6880. The number of carbonyl (C=O) groups excluding carboxylic acids is 4. The Labute approximate surface area is 802 Å². The van der Waals surface area contributed by atoms with Crippen molar-refractivity contribution in [3.63, 3.8) is 0 Å². The molecule has 14 heterocycles. The van der Waals surface area contributed by atoms with Crippen LogP contribution in [0.3, 0.4) is 0 Å². The van der Waals surface area contributed by atoms with E-state index in [1.54, 1.807) is 81.9 Å². The smallest absolute Gasteiger partial charge is 0.255 e. The van der Waals surface area contributed by atoms with E-state index in [-0.39, 0.29) is 30.2 Å². The van der Waals surface area contributed by atoms with E-state index in [1.165, 1.54) is 49.2 Å². The van der Waals surface area contributed by atoms with Crippen LogP contribution in [0, 0.1) is 0 Å². The van der Waals surface area contributed by atoms with E-state index in [2.05, 4.69) is 60.2 Å². The molecule has 0 spiro atoms. The average Bonchev–Trinajstić information content (AvgIpc) is 1.63. The number of amides is 4. The number of piperazine rings is 4. The number of carbonyl (C=O) groups is 4. The number of ether oxygens (including phenoxy) is 1. The van der Waals surface area contributed by atoms with Gasteiger partial charge in [-0.1, -0.05) is 98.5 Å². The molecule has 1 saturated carbocycles. The maximum Gasteiger partial charge on any atom is 0.255 e. The van der Waals surface area contributed by atoms with Crippen molar-refractivity contribution in [2.75, 3.05) is 147 Å². The van der Waals surface area contributed by atoms with Crippen molar-refractivity contribution in [3.8, 4) is 56.4 Å². The molecule has 10 aromatic heterocycles. The minimum atomic E-state index is -3.42. The van der Waals surface area contributed by atoms with Gasteiger partial charge in [0.15, 0.2) is 5.65 Å². The summed E-state index contributed by atoms with van der Waals surface area (Å²) in [6, 6.07) is 36.2. The molecule has 0 unspecified atom stereocenters. The van der Waals surface area contributed by atoms with Gasteiger partial charge in [0.25, 0.3) is 5.91 Å². The number of methoxy groups -OCH3 is 1. The molecule has 1 aliphatic carbocycles. The van der Waals surface area contributed by atoms with Crippen molar-refractivity contribution in [2.45, 2.75) is 58.8 Å². The predicted molar refractivity (Wildman–Crippen MR) is 514 cm³/mol. The van der Waals surface area contributed by atoms with Gasteiger partial charge in [-0.15, -0.1) is 0 Å². The second kappa shape index (κ2) is 41.5. The zero-order valence-electron chi connectivity index (χ0n) is 73.4. The highest BCUT2D eigenvalue weighted by molar-refractivity contribution is 7.92. The van der Waals surface area contributed by atoms with E-state index < -0.39 is 20.0 Å². The van der Waals surface area contributed by atoms with Gasteiger partial charge in [-0.25, -0.2) is 36.8 Å². The lowest BCUT2D eigenvalue weighted by Crippen LogP contribution is -2.49. The number of imidazole rings is 4. The molecule has 694 valence electrons. The topological polar surface area (TPSA) is 334 Å². The molecule has 0 radical (unpaired) electrons. The Kier molecular flexibility index (Phi) is 29.7. The minimum Gasteiger partial charge on any atom is -0.375 e. The number of aromatic nitrogens is 13. The van der Waals surface area contributed by atoms with Gasteiger partial charge in [0.1, 0.15) is 23.5 Å². The highest BCUT2D eigenvalue weighted by atomic mass is 35.5. The van der Waals surface area contributed by atoms with Gasteiger partial charge < -0.3 is 33.3 Å². The summed E-state index contributed by atoms with van der Waals surface area (Å²) in [4.78, 5) is 93.1. The normalized spacial score (nSPS) is 15.5. The summed E-state index contributed by atoms with van der Waals surface area (Å²) < 4.78 is 69.4. The molecule has 1 N–H and O–H groups in total. The van der Waals surface area contributed by atoms with Crippen LogP contribution in [0.2, 0.25) is 35.2 Å². The van der Waals surface area contributed by atoms with Crippen molar-refractivity contribution in [1.82, 2.24) is 102 Å². The van der Waals surface area contributed by atoms with Gasteiger partial charge in [-0.05, 0) is 122 Å². The summed E-state index contributed by atoms with van der Waals surface area (Å²) in [6.45, 7) is 17.0. The van der Waals surface area contributed by atoms with Gasteiger partial charge in [-0.3, -0.25) is 66.0 Å². The molecule has 4 aliphatic heterocycles. The lowest BCUT2D eigenvalue weighted by atomic mass is 10.1. The number of nitrogens with zero attached hydrogens (tertiary/aromatic N) is 22. The Morgan fingerprint density at radius 2 is 0.902 bits per heavy atom. The summed E-state index contributed by atoms with van der Waals surface area (Å²) in [5.41, 5.74) is 16.8. The van der Waals surface area contributed by atoms with Crippen LogP contribution in [0.4, 0.5) is 11.4 Å². The first kappa shape index (κ1) is 95.2. The Balaban J connectivity index is 0.000000129. The molecule has 5 fully saturated rings. The lowest BCUT2D eigenvalue weighted by molar-refractivity contribution is -0.137. The highest BCUT2D eigenvalue weighted by Crippen LogP contribution is 2.42. The fourth-order valence-corrected chi connectivity index (χ4v) is 19.1. The van der Waals surface area contributed by atoms with E-state index in [9.17, 15) is 36.0 Å². The molecule has 4 saturated heterocycles. The number of nitrogens with one attached hydrogen (secondary N) is 1. The van der Waals surface area contributed by atoms with Crippen LogP contribution in [-0.4, -0.2) is 281 Å². The number of benzene rings is 4. The van der Waals surface area contributed by atoms with Gasteiger partial charge in [0, 0.05) is 238 Å². The van der Waals surface area contributed by atoms with Gasteiger partial charge >= 0.3 is 0 Å². The largest absolute Gasteiger partial charge is 0.375 e. The first-order valence-corrected chi connectivity index (χ1v) is 49.2. The maximum atomic E-state index is 12.8. The van der Waals surface area contributed by atoms with E-state index >= 15 is 0 Å². The molecule has 42 heteroatoms. The highest BCUT2D eigenvalue weighted by Gasteiger charge is 2.33. The number of hydrogen-bond acceptors (Lipinski definition) is 23. The Hall–Kier alpha value is -11.0. The zero-order valence-corrected chi connectivity index (χ0v) is 80.3. The molecule has 14 aromatic rings. The molecule has 133 heavy (non-hydrogen) atoms. The minimum absolute atomic E-state index is 0.0377. The molecule has 4 aromatic carbocycles. The standard InChI is InChI=1S/C25H26ClN7O3S.C23H25Cl2N5O2.C22H20Cl2N6O2.C21H23Cl2N5O3S/c1-30(37(2,35)36)21-7-8-23-29-24(18-3-5-20(26)6-4-18)22(33(23)16-21)17-31-11-13-32(14-12-31)25(34)19-9-10-27-28-15-19;1-32-14-22(31)29-8-6-28(7-9-29)13-20-23(17-5-4-16(24)10-18(17)25)27-21-11-26-19(12-30(20)21)15-2-3-15;1-14(31)29-8-6-28(7-9-29)12-19-21(17-4-3-16(23)10-18(17)24)26-20-5-2-15(11-30(19)20)22-25-13-32-27-22;1-14(29)27-9-7-26(8-10-27)13-19-21(17-5-3-15(22)11-18(17)23)24-20-6-4-16(12-28(19)20)25-32(2,30)31/h3-10,15-16H,11-14,17H2,1-2H3;4-5,10-12,15H,2-3,6-9,13-14H2,1H3;2-5,10-11,13H,6-9,12H2,1H3;3-6,11-12,25H,7-10,13H2,1-2H3. The van der Waals surface area contributed by atoms with E-state index in [4.69, 9.17) is 110 Å². The monoisotopic (exact) mass is 1980 g/mol. The van der Waals surface area contributed by atoms with Gasteiger partial charge in [0.2, 0.25) is 50.0 Å². The fraction of sp³-hybridized carbons (Fsp3) is 0.330. The first-order chi connectivity index (χ1) is 63.8. The SMILES string of the molecule is CC(=O)N1CCN(Cc2c(-c3ccc(Cl)cc3Cl)nc3ccc(-c4ncon4)cn23)CC1.CC(=O)N1CCN(Cc2c(-c3ccc(Cl)cc3Cl)nc3ccc(NS(C)(=O)=O)cn23)CC1.CN(c1ccc2nc(-c3ccc(Cl)cc3)c(CN3CCN(C(=O)c4ccnnc4)CC3)n2c1)S(C)(=O)=O.COCC(=O)N1CCN(Cc2c(-c3ccc(Cl)cc3Cl)nc3cnc(C4CC4)cn23)CC1. The van der Waals surface area contributed by atoms with Crippen LogP contribution < -0.4 is 9.03 Å². The Morgan fingerprint density at radius 1 is 0.466 bits per heavy atom. The molecular weight excluding hydrogens is 1890 g/mol. The summed E-state index contributed by atoms with van der Waals surface area (Å²) in [7, 11) is -3.77. The number of hydrogen-bond donors (Lipinski definition) is 1. The van der Waals surface area contributed by atoms with Crippen LogP contribution in [0.5, 0.6) is 0 Å². The third kappa shape index (κ3) is 22.8. The van der Waals surface area contributed by atoms with E-state index in [0.29, 0.717) is 172 Å². The number of anilines is 2. The van der Waals surface area contributed by atoms with Crippen molar-refractivity contribution < 1.29 is 45.3 Å². The van der Waals surface area contributed by atoms with Crippen LogP contribution >= 0.6 is 81.2 Å². The second-order valence-electron chi connectivity index (χ2n) is 32.9. The van der Waals surface area contributed by atoms with E-state index in [1.807, 2.05) is 118 Å². The third-order valence-corrected chi connectivity index (χ3v) is 27.5. The average molecular weight is 1980 g/mol. The number of halogens is 7. The van der Waals surface area contributed by atoms with Crippen LogP contribution in [0.1, 0.15) is 71.4 Å². The Morgan fingerprint density at radius 3 is 1.35 bits per heavy atom. The summed E-state index contributed by atoms with van der Waals surface area (Å²) in [6.07, 6.45) is 18.4. The molecule has 4 amide bonds. The molecule has 5 aliphatic rings. The van der Waals surface area contributed by atoms with Crippen molar-refractivity contribution in [3.05, 3.63) is 240 Å². The first-order valence-electron chi connectivity index (χ1n) is 42.8. The second-order valence-corrected chi connectivity index (χ2v) is 39.7. The summed E-state index contributed by atoms with van der Waals surface area (Å²) in [5, 5.41) is 15.4. The number of pyridine rings is 3. The maximum absolute atomic E-state index is 12.8. The fourth-order valence-electron chi connectivity index (χ4n) is 16.5. The number of fused-ring (bicyclic) bond motifs is 4. The van der Waals surface area contributed by atoms with Crippen LogP contribution in [0.25, 0.3) is 79.0 Å². The zero-order chi connectivity index (χ0) is 93.7. The third-order valence-electron chi connectivity index (χ3n) is 23.8. The van der Waals surface area contributed by atoms with Gasteiger partial charge in [-0.2, -0.15) is 15.2 Å². The molecule has 0 atom stereocenters. The quantitative estimate of drug-likeness (QED) is 0.0698. The summed E-state index contributed by atoms with van der Waals surface area (Å²) in [5.74, 6) is 1.22. The molecular formula is C91H94Cl7N23O10S2. The molecule has 0 bridgehead atoms. The van der Waals surface area contributed by atoms with Crippen molar-refractivity contribution >= 4 is 159 Å². The van der Waals surface area contributed by atoms with Crippen LogP contribution in [0.15, 0.2) is 176 Å². The summed E-state index contributed by atoms with van der Waals surface area (Å²) >= 11 is 44.1. The molecule has 33 nitrogen and oxygen atoms in total. The van der Waals surface area contributed by atoms with Crippen LogP contribution in [-0.2, 0) is 65.3 Å². The number of sulfonamides is 2. The predicted octanol–water partition coefficient (Wildman–Crippen LogP) is 14.0. The van der Waals surface area contributed by atoms with Gasteiger partial charge in [0.05, 0.1) is 114 Å². The lowest BCUT2D eigenvalue weighted by Gasteiger charge is -2.34. The van der Waals surface area contributed by atoms with E-state index in [0.717, 1.165) is 130 Å². The molecule has 19 rings (SSSR count).